The number of pyridine rings is 1. The van der Waals surface area contributed by atoms with Crippen molar-refractivity contribution in [1.29, 1.82) is 0 Å². The zero-order valence-electron chi connectivity index (χ0n) is 24.2. The van der Waals surface area contributed by atoms with Crippen molar-refractivity contribution in [3.05, 3.63) is 65.0 Å². The average Bonchev–Trinajstić information content (AvgIpc) is 3.33. The first-order valence-corrected chi connectivity index (χ1v) is 14.5. The summed E-state index contributed by atoms with van der Waals surface area (Å²) in [4.78, 5) is 30.7. The van der Waals surface area contributed by atoms with E-state index in [1.165, 1.54) is 26.4 Å². The Morgan fingerprint density at radius 1 is 1.02 bits per heavy atom. The number of methoxy groups -OCH3 is 2. The molecule has 0 amide bonds. The zero-order valence-corrected chi connectivity index (χ0v) is 29.8. The van der Waals surface area contributed by atoms with Gasteiger partial charge in [-0.05, 0) is 44.2 Å². The average molecular weight is 648 g/mol. The quantitative estimate of drug-likeness (QED) is 0.140. The number of aryl methyl sites for hydroxylation is 1. The molecule has 0 aliphatic heterocycles. The summed E-state index contributed by atoms with van der Waals surface area (Å²) in [5.41, 5.74) is 1.26. The van der Waals surface area contributed by atoms with Crippen molar-refractivity contribution < 1.29 is 106 Å². The van der Waals surface area contributed by atoms with Crippen LogP contribution in [-0.2, 0) is 31.4 Å². The Balaban J connectivity index is 0.00000323. The van der Waals surface area contributed by atoms with Gasteiger partial charge in [0.2, 0.25) is 5.16 Å². The summed E-state index contributed by atoms with van der Waals surface area (Å²) in [6.07, 6.45) is 1.55. The van der Waals surface area contributed by atoms with Gasteiger partial charge in [0.05, 0.1) is 64.3 Å². The predicted octanol–water partition coefficient (Wildman–Crippen LogP) is -5.89. The van der Waals surface area contributed by atoms with Crippen molar-refractivity contribution in [2.45, 2.75) is 29.7 Å². The van der Waals surface area contributed by atoms with Gasteiger partial charge in [0.1, 0.15) is 23.9 Å². The Bertz CT molecular complexity index is 1830. The van der Waals surface area contributed by atoms with E-state index in [2.05, 4.69) is 9.97 Å². The van der Waals surface area contributed by atoms with Gasteiger partial charge in [-0.1, -0.05) is 0 Å². The molecule has 0 N–H and O–H groups in total. The molecule has 1 unspecified atom stereocenters. The molecule has 17 heteroatoms. The fraction of sp³-hybridized carbons (Fsp3) is 0.231. The molecule has 216 valence electrons. The van der Waals surface area contributed by atoms with Crippen molar-refractivity contribution in [3.8, 4) is 17.2 Å². The number of nitrogens with zero attached hydrogens (tertiary/aromatic N) is 3. The van der Waals surface area contributed by atoms with Gasteiger partial charge in [-0.2, -0.15) is 0 Å². The van der Waals surface area contributed by atoms with Crippen LogP contribution in [0.2, 0.25) is 0 Å². The van der Waals surface area contributed by atoms with Gasteiger partial charge in [-0.25, -0.2) is 17.4 Å². The van der Waals surface area contributed by atoms with Crippen LogP contribution in [0.1, 0.15) is 27.2 Å². The molecule has 0 aliphatic carbocycles. The molecule has 13 nitrogen and oxygen atoms in total. The van der Waals surface area contributed by atoms with Gasteiger partial charge >= 0.3 is 59.1 Å². The number of fused-ring (bicyclic) bond motifs is 1. The van der Waals surface area contributed by atoms with Crippen molar-refractivity contribution >= 4 is 43.8 Å². The topological polar surface area (TPSA) is 190 Å². The van der Waals surface area contributed by atoms with E-state index >= 15 is 0 Å². The van der Waals surface area contributed by atoms with Crippen LogP contribution in [-0.4, -0.2) is 59.3 Å². The summed E-state index contributed by atoms with van der Waals surface area (Å²) in [5.74, 6) is -3.25. The van der Waals surface area contributed by atoms with Gasteiger partial charge in [-0.15, -0.1) is 0 Å². The van der Waals surface area contributed by atoms with Crippen molar-refractivity contribution in [2.24, 2.45) is 0 Å². The number of carboxylic acids is 2. The number of imidazole rings is 1. The number of benzene rings is 2. The first-order valence-electron chi connectivity index (χ1n) is 11.8. The van der Waals surface area contributed by atoms with Crippen LogP contribution in [0.15, 0.2) is 52.6 Å². The number of aliphatic carboxylic acids is 1. The summed E-state index contributed by atoms with van der Waals surface area (Å²) in [5, 5.41) is 22.2. The zero-order chi connectivity index (χ0) is 30.1. The molecular formula is C26H23N3Na2O10S2. The second-order valence-corrected chi connectivity index (χ2v) is 11.8. The van der Waals surface area contributed by atoms with Crippen LogP contribution in [0.5, 0.6) is 17.2 Å². The van der Waals surface area contributed by atoms with Crippen LogP contribution < -0.4 is 83.5 Å². The van der Waals surface area contributed by atoms with Crippen molar-refractivity contribution in [2.75, 3.05) is 20.8 Å². The summed E-state index contributed by atoms with van der Waals surface area (Å²) in [7, 11) is -3.86. The number of ether oxygens (including phenoxy) is 3. The Morgan fingerprint density at radius 3 is 2.33 bits per heavy atom. The summed E-state index contributed by atoms with van der Waals surface area (Å²) in [6.45, 7) is 2.56. The number of rotatable bonds is 11. The maximum atomic E-state index is 14.0. The number of carboxylic acid groups (broad SMARTS) is 2. The normalized spacial score (nSPS) is 11.6. The van der Waals surface area contributed by atoms with Gasteiger partial charge in [0.25, 0.3) is 10.0 Å². The first-order chi connectivity index (χ1) is 19.4. The van der Waals surface area contributed by atoms with Crippen LogP contribution >= 0.6 is 0 Å². The largest absolute Gasteiger partial charge is 1.00 e. The van der Waals surface area contributed by atoms with Gasteiger partial charge in [0.15, 0.2) is 0 Å². The second kappa shape index (κ2) is 15.0. The summed E-state index contributed by atoms with van der Waals surface area (Å²) in [6, 6.07) is 7.17. The Labute approximate surface area is 293 Å². The molecule has 0 bridgehead atoms. The Morgan fingerprint density at radius 2 is 1.72 bits per heavy atom. The molecule has 0 fully saturated rings. The molecule has 0 saturated heterocycles. The monoisotopic (exact) mass is 647 g/mol. The van der Waals surface area contributed by atoms with Crippen LogP contribution in [0, 0.1) is 13.8 Å². The van der Waals surface area contributed by atoms with Crippen molar-refractivity contribution in [3.63, 3.8) is 0 Å². The van der Waals surface area contributed by atoms with Crippen molar-refractivity contribution in [1.82, 2.24) is 13.9 Å². The Hall–Kier alpha value is -2.50. The molecule has 0 radical (unpaired) electrons. The predicted molar refractivity (Wildman–Crippen MR) is 141 cm³/mol. The van der Waals surface area contributed by atoms with Crippen LogP contribution in [0.25, 0.3) is 11.0 Å². The minimum absolute atomic E-state index is 0. The number of hydrogen-bond donors (Lipinski definition) is 0. The third-order valence-electron chi connectivity index (χ3n) is 6.07. The minimum atomic E-state index is -4.66. The smallest absolute Gasteiger partial charge is 0.546 e. The van der Waals surface area contributed by atoms with E-state index in [4.69, 9.17) is 14.2 Å². The molecule has 0 aliphatic rings. The third kappa shape index (κ3) is 7.60. The third-order valence-corrected chi connectivity index (χ3v) is 9.10. The maximum Gasteiger partial charge on any atom is 1.00 e. The number of carbonyl (C=O) groups excluding carboxylic acids is 2. The molecular weight excluding hydrogens is 624 g/mol. The van der Waals surface area contributed by atoms with E-state index < -0.39 is 55.6 Å². The number of aromatic nitrogens is 3. The number of carbonyl (C=O) groups is 2. The second-order valence-electron chi connectivity index (χ2n) is 8.66. The molecule has 4 rings (SSSR count). The molecule has 0 spiro atoms. The number of aromatic carboxylic acids is 1. The molecule has 2 aromatic heterocycles. The number of hydrogen-bond acceptors (Lipinski definition) is 12. The summed E-state index contributed by atoms with van der Waals surface area (Å²) >= 11 is 0. The molecule has 1 atom stereocenters. The molecule has 2 heterocycles. The first kappa shape index (κ1) is 36.7. The Kier molecular flexibility index (Phi) is 12.8. The van der Waals surface area contributed by atoms with Crippen LogP contribution in [0.3, 0.4) is 0 Å². The van der Waals surface area contributed by atoms with Crippen LogP contribution in [0.4, 0.5) is 0 Å². The molecule has 0 saturated carbocycles. The van der Waals surface area contributed by atoms with E-state index in [0.29, 0.717) is 17.0 Å². The fourth-order valence-electron chi connectivity index (χ4n) is 4.12. The molecule has 2 aromatic carbocycles. The fourth-order valence-corrected chi connectivity index (χ4v) is 7.18. The van der Waals surface area contributed by atoms with E-state index in [0.717, 1.165) is 27.7 Å². The van der Waals surface area contributed by atoms with E-state index in [-0.39, 0.29) is 86.8 Å². The van der Waals surface area contributed by atoms with Gasteiger partial charge in [-0.3, -0.25) is 9.19 Å². The summed E-state index contributed by atoms with van der Waals surface area (Å²) < 4.78 is 58.0. The van der Waals surface area contributed by atoms with Gasteiger partial charge in [0, 0.05) is 29.0 Å². The molecule has 43 heavy (non-hydrogen) atoms. The minimum Gasteiger partial charge on any atom is -0.546 e. The molecule has 4 aromatic rings. The standard InChI is InChI=1S/C26H25N3O10S2.2Na/c1-14-11-27-20(15(2)24(14)38-4)13-40(34)26-28-19-7-5-16(37-3)9-21(19)29(26)41(35,36)17-6-8-22(39-12-23(30)31)18(10-17)25(32)33;;/h5-11H,12-13H2,1-4H3,(H,30,31)(H,32,33);;/q;2*+1/p-2. The van der Waals surface area contributed by atoms with E-state index in [1.54, 1.807) is 26.1 Å². The van der Waals surface area contributed by atoms with Gasteiger partial charge < -0.3 is 34.0 Å². The van der Waals surface area contributed by atoms with E-state index in [9.17, 15) is 32.4 Å². The maximum absolute atomic E-state index is 14.0. The van der Waals surface area contributed by atoms with E-state index in [1.807, 2.05) is 0 Å². The SMILES string of the molecule is COc1ccc2nc(S(=O)Cc3ncc(C)c(OC)c3C)n(S(=O)(=O)c3ccc(OCC(=O)[O-])c(C(=O)[O-])c3)c2c1.[Na+].[Na+].